The summed E-state index contributed by atoms with van der Waals surface area (Å²) in [6, 6.07) is 1.39. The van der Waals surface area contributed by atoms with E-state index >= 15 is 0 Å². The number of hydrogen-bond acceptors (Lipinski definition) is 3. The number of benzene rings is 1. The zero-order chi connectivity index (χ0) is 14.0. The summed E-state index contributed by atoms with van der Waals surface area (Å²) in [4.78, 5) is 13.5. The lowest BCUT2D eigenvalue weighted by molar-refractivity contribution is -0.134. The molecule has 1 aromatic rings. The van der Waals surface area contributed by atoms with Crippen molar-refractivity contribution in [3.05, 3.63) is 34.9 Å². The van der Waals surface area contributed by atoms with Gasteiger partial charge < -0.3 is 15.4 Å². The lowest BCUT2D eigenvalue weighted by atomic mass is 9.98. The van der Waals surface area contributed by atoms with Crippen molar-refractivity contribution in [1.82, 2.24) is 4.90 Å². The van der Waals surface area contributed by atoms with Crippen molar-refractivity contribution in [1.29, 1.82) is 0 Å². The van der Waals surface area contributed by atoms with E-state index in [1.165, 1.54) is 18.1 Å². The number of amides is 1. The number of halogens is 3. The molecule has 0 saturated heterocycles. The first-order valence-electron chi connectivity index (χ1n) is 6.03. The van der Waals surface area contributed by atoms with Crippen molar-refractivity contribution in [2.45, 2.75) is 19.0 Å². The summed E-state index contributed by atoms with van der Waals surface area (Å²) in [6.45, 7) is 0.686. The van der Waals surface area contributed by atoms with Gasteiger partial charge in [0.15, 0.2) is 0 Å². The molecule has 0 saturated carbocycles. The van der Waals surface area contributed by atoms with E-state index in [0.29, 0.717) is 24.1 Å². The first-order valence-corrected chi connectivity index (χ1v) is 6.03. The van der Waals surface area contributed by atoms with Gasteiger partial charge in [0.05, 0.1) is 6.61 Å². The molecule has 0 spiro atoms. The fourth-order valence-electron chi connectivity index (χ4n) is 2.28. The van der Waals surface area contributed by atoms with E-state index in [4.69, 9.17) is 10.5 Å². The average molecular weight is 307 g/mol. The van der Waals surface area contributed by atoms with Crippen molar-refractivity contribution in [2.75, 3.05) is 20.3 Å². The van der Waals surface area contributed by atoms with Crippen LogP contribution in [0.2, 0.25) is 0 Å². The maximum atomic E-state index is 13.6. The molecule has 1 atom stereocenters. The van der Waals surface area contributed by atoms with Crippen molar-refractivity contribution in [3.8, 4) is 0 Å². The summed E-state index contributed by atoms with van der Waals surface area (Å²) in [7, 11) is 1.46. The van der Waals surface area contributed by atoms with Gasteiger partial charge in [-0.1, -0.05) is 0 Å². The number of hydrogen-bond donors (Lipinski definition) is 1. The number of nitrogens with zero attached hydrogens (tertiary/aromatic N) is 1. The Morgan fingerprint density at radius 1 is 1.50 bits per heavy atom. The Bertz CT molecular complexity index is 500. The fraction of sp³-hybridized carbons (Fsp3) is 0.462. The van der Waals surface area contributed by atoms with E-state index in [2.05, 4.69) is 0 Å². The van der Waals surface area contributed by atoms with Crippen LogP contribution in [0.5, 0.6) is 0 Å². The molecule has 0 bridgehead atoms. The second kappa shape index (κ2) is 6.97. The molecule has 7 heteroatoms. The third-order valence-corrected chi connectivity index (χ3v) is 3.22. The first kappa shape index (κ1) is 16.8. The van der Waals surface area contributed by atoms with Crippen LogP contribution in [-0.2, 0) is 22.5 Å². The fourth-order valence-corrected chi connectivity index (χ4v) is 2.28. The zero-order valence-corrected chi connectivity index (χ0v) is 11.9. The van der Waals surface area contributed by atoms with E-state index in [1.807, 2.05) is 0 Å². The van der Waals surface area contributed by atoms with Gasteiger partial charge >= 0.3 is 0 Å². The van der Waals surface area contributed by atoms with Crippen LogP contribution in [0.25, 0.3) is 0 Å². The number of nitrogens with two attached hydrogens (primary N) is 1. The molecule has 1 aliphatic heterocycles. The van der Waals surface area contributed by atoms with Gasteiger partial charge in [0.1, 0.15) is 17.7 Å². The highest BCUT2D eigenvalue weighted by Gasteiger charge is 2.26. The van der Waals surface area contributed by atoms with Crippen LogP contribution >= 0.6 is 12.4 Å². The van der Waals surface area contributed by atoms with Crippen molar-refractivity contribution in [3.63, 3.8) is 0 Å². The Balaban J connectivity index is 0.00000200. The van der Waals surface area contributed by atoms with Crippen LogP contribution in [0.1, 0.15) is 11.1 Å². The Kier molecular flexibility index (Phi) is 5.86. The predicted octanol–water partition coefficient (Wildman–Crippen LogP) is 1.25. The van der Waals surface area contributed by atoms with Gasteiger partial charge in [-0.2, -0.15) is 0 Å². The summed E-state index contributed by atoms with van der Waals surface area (Å²) in [5.41, 5.74) is 6.65. The summed E-state index contributed by atoms with van der Waals surface area (Å²) in [5, 5.41) is 0. The summed E-state index contributed by atoms with van der Waals surface area (Å²) >= 11 is 0. The molecule has 1 amide bonds. The number of ether oxygens (including phenoxy) is 1. The quantitative estimate of drug-likeness (QED) is 0.914. The van der Waals surface area contributed by atoms with E-state index in [1.54, 1.807) is 0 Å². The van der Waals surface area contributed by atoms with Crippen molar-refractivity contribution < 1.29 is 18.3 Å². The predicted molar refractivity (Wildman–Crippen MR) is 72.6 cm³/mol. The number of rotatable bonds is 3. The largest absolute Gasteiger partial charge is 0.383 e. The van der Waals surface area contributed by atoms with Gasteiger partial charge in [-0.25, -0.2) is 8.78 Å². The van der Waals surface area contributed by atoms with Gasteiger partial charge in [0.2, 0.25) is 5.91 Å². The molecule has 2 N–H and O–H groups in total. The van der Waals surface area contributed by atoms with Crippen LogP contribution in [0.15, 0.2) is 12.1 Å². The molecule has 2 rings (SSSR count). The number of methoxy groups -OCH3 is 1. The van der Waals surface area contributed by atoms with Crippen LogP contribution in [0.4, 0.5) is 8.78 Å². The molecule has 0 radical (unpaired) electrons. The Morgan fingerprint density at radius 3 is 2.85 bits per heavy atom. The highest BCUT2D eigenvalue weighted by atomic mass is 35.5. The summed E-state index contributed by atoms with van der Waals surface area (Å²) in [6.07, 6.45) is 0.368. The number of carbonyl (C=O) groups is 1. The smallest absolute Gasteiger partial charge is 0.242 e. The Hall–Kier alpha value is -1.24. The molecule has 1 aliphatic rings. The second-order valence-corrected chi connectivity index (χ2v) is 4.60. The van der Waals surface area contributed by atoms with E-state index in [9.17, 15) is 13.6 Å². The van der Waals surface area contributed by atoms with Crippen molar-refractivity contribution >= 4 is 18.3 Å². The summed E-state index contributed by atoms with van der Waals surface area (Å²) < 4.78 is 31.6. The van der Waals surface area contributed by atoms with Gasteiger partial charge in [0, 0.05) is 26.3 Å². The monoisotopic (exact) mass is 306 g/mol. The molecule has 1 heterocycles. The molecule has 1 unspecified atom stereocenters. The highest BCUT2D eigenvalue weighted by molar-refractivity contribution is 5.85. The normalized spacial score (nSPS) is 15.3. The van der Waals surface area contributed by atoms with Crippen molar-refractivity contribution in [2.24, 2.45) is 5.73 Å². The molecule has 20 heavy (non-hydrogen) atoms. The average Bonchev–Trinajstić information content (AvgIpc) is 2.37. The molecule has 0 aliphatic carbocycles. The lowest BCUT2D eigenvalue weighted by Crippen LogP contribution is -2.47. The first-order chi connectivity index (χ1) is 9.02. The summed E-state index contributed by atoms with van der Waals surface area (Å²) in [5.74, 6) is -1.45. The van der Waals surface area contributed by atoms with Gasteiger partial charge in [0.25, 0.3) is 0 Å². The molecule has 0 fully saturated rings. The highest BCUT2D eigenvalue weighted by Crippen LogP contribution is 2.23. The molecule has 0 aromatic heterocycles. The molecule has 4 nitrogen and oxygen atoms in total. The van der Waals surface area contributed by atoms with Crippen LogP contribution < -0.4 is 5.73 Å². The van der Waals surface area contributed by atoms with Gasteiger partial charge in [-0.3, -0.25) is 4.79 Å². The van der Waals surface area contributed by atoms with Crippen LogP contribution in [0.3, 0.4) is 0 Å². The third-order valence-electron chi connectivity index (χ3n) is 3.22. The number of carbonyl (C=O) groups excluding carboxylic acids is 1. The Labute approximate surface area is 122 Å². The van der Waals surface area contributed by atoms with Crippen LogP contribution in [-0.4, -0.2) is 37.1 Å². The topological polar surface area (TPSA) is 55.6 Å². The zero-order valence-electron chi connectivity index (χ0n) is 11.1. The van der Waals surface area contributed by atoms with Gasteiger partial charge in [-0.15, -0.1) is 12.4 Å². The molecular formula is C13H17ClF2N2O2. The van der Waals surface area contributed by atoms with Gasteiger partial charge in [-0.05, 0) is 23.6 Å². The van der Waals surface area contributed by atoms with E-state index < -0.39 is 17.7 Å². The minimum absolute atomic E-state index is 0. The van der Waals surface area contributed by atoms with Crippen LogP contribution in [0, 0.1) is 11.6 Å². The lowest BCUT2D eigenvalue weighted by Gasteiger charge is -2.30. The maximum Gasteiger partial charge on any atom is 0.242 e. The maximum absolute atomic E-state index is 13.6. The number of fused-ring (bicyclic) bond motifs is 1. The standard InChI is InChI=1S/C13H16F2N2O2.ClH/c1-19-7-12(16)13(18)17-3-2-10-8(6-17)4-9(14)5-11(10)15;/h4-5,12H,2-3,6-7,16H2,1H3;1H. The molecular weight excluding hydrogens is 290 g/mol. The SMILES string of the molecule is COCC(N)C(=O)N1CCc2c(F)cc(F)cc2C1.Cl. The minimum atomic E-state index is -0.745. The molecule has 1 aromatic carbocycles. The minimum Gasteiger partial charge on any atom is -0.383 e. The van der Waals surface area contributed by atoms with E-state index in [0.717, 1.165) is 6.07 Å². The Morgan fingerprint density at radius 2 is 2.20 bits per heavy atom. The molecule has 112 valence electrons. The third kappa shape index (κ3) is 3.45. The second-order valence-electron chi connectivity index (χ2n) is 4.60. The van der Waals surface area contributed by atoms with E-state index in [-0.39, 0.29) is 31.5 Å².